The number of ether oxygens (including phenoxy) is 1. The van der Waals surface area contributed by atoms with Gasteiger partial charge in [-0.05, 0) is 70.7 Å². The first-order valence-electron chi connectivity index (χ1n) is 16.6. The van der Waals surface area contributed by atoms with E-state index in [-0.39, 0.29) is 41.3 Å². The lowest BCUT2D eigenvalue weighted by molar-refractivity contribution is -0.129. The maximum absolute atomic E-state index is 17.0. The highest BCUT2D eigenvalue weighted by atomic mass is 32.1. The second kappa shape index (κ2) is 10.7. The summed E-state index contributed by atoms with van der Waals surface area (Å²) in [6.07, 6.45) is 6.80. The summed E-state index contributed by atoms with van der Waals surface area (Å²) >= 11 is 1.53. The number of nitrogens with zero attached hydrogens (tertiary/aromatic N) is 6. The second-order valence-corrected chi connectivity index (χ2v) is 14.6. The number of thiazole rings is 1. The van der Waals surface area contributed by atoms with E-state index in [1.807, 2.05) is 23.1 Å². The van der Waals surface area contributed by atoms with Gasteiger partial charge in [0.25, 0.3) is 0 Å². The number of halogens is 1. The van der Waals surface area contributed by atoms with Gasteiger partial charge in [0.15, 0.2) is 5.82 Å². The number of benzene rings is 1. The summed E-state index contributed by atoms with van der Waals surface area (Å²) in [5.74, 6) is 0.542. The van der Waals surface area contributed by atoms with Crippen LogP contribution in [0.15, 0.2) is 36.0 Å². The molecule has 238 valence electrons. The van der Waals surface area contributed by atoms with Crippen molar-refractivity contribution in [1.82, 2.24) is 34.6 Å². The highest BCUT2D eigenvalue weighted by Crippen LogP contribution is 2.51. The van der Waals surface area contributed by atoms with E-state index in [9.17, 15) is 4.79 Å². The SMILES string of the molecule is CC(=O)N1CCC[C@@H]1c1cc2c(O[C@@H](C)[C@@H]3CCCN3C)nc3c(F)c(-c4cccc5scnc45)ncc3c2n1[C@H]1[C@H]2CN[C@@H]1C2. The van der Waals surface area contributed by atoms with Crippen LogP contribution in [-0.2, 0) is 4.79 Å². The van der Waals surface area contributed by atoms with Gasteiger partial charge in [-0.15, -0.1) is 11.3 Å². The molecule has 11 heteroatoms. The van der Waals surface area contributed by atoms with Crippen LogP contribution >= 0.6 is 11.3 Å². The molecule has 4 saturated heterocycles. The molecule has 0 spiro atoms. The van der Waals surface area contributed by atoms with Crippen molar-refractivity contribution in [3.05, 3.63) is 47.5 Å². The van der Waals surface area contributed by atoms with E-state index in [4.69, 9.17) is 14.7 Å². The van der Waals surface area contributed by atoms with Crippen molar-refractivity contribution in [1.29, 1.82) is 0 Å². The van der Waals surface area contributed by atoms with Crippen molar-refractivity contribution in [3.8, 4) is 17.1 Å². The van der Waals surface area contributed by atoms with Crippen LogP contribution < -0.4 is 10.1 Å². The van der Waals surface area contributed by atoms with E-state index >= 15 is 4.39 Å². The number of rotatable bonds is 6. The Kier molecular flexibility index (Phi) is 6.63. The molecule has 4 aliphatic heterocycles. The summed E-state index contributed by atoms with van der Waals surface area (Å²) < 4.78 is 27.2. The number of nitrogens with one attached hydrogen (secondary N) is 1. The summed E-state index contributed by atoms with van der Waals surface area (Å²) in [6.45, 7) is 6.50. The minimum atomic E-state index is -0.467. The molecular weight excluding hydrogens is 601 g/mol. The van der Waals surface area contributed by atoms with Gasteiger partial charge in [-0.3, -0.25) is 14.7 Å². The Bertz CT molecular complexity index is 2010. The molecule has 1 aliphatic carbocycles. The predicted molar refractivity (Wildman–Crippen MR) is 178 cm³/mol. The van der Waals surface area contributed by atoms with Gasteiger partial charge in [-0.2, -0.15) is 0 Å². The second-order valence-electron chi connectivity index (χ2n) is 13.7. The molecule has 2 bridgehead atoms. The van der Waals surface area contributed by atoms with Crippen molar-refractivity contribution in [3.63, 3.8) is 0 Å². The number of carbonyl (C=O) groups excluding carboxylic acids is 1. The maximum atomic E-state index is 17.0. The molecule has 8 heterocycles. The fourth-order valence-electron chi connectivity index (χ4n) is 8.91. The number of amides is 1. The van der Waals surface area contributed by atoms with Gasteiger partial charge in [0, 0.05) is 54.9 Å². The van der Waals surface area contributed by atoms with E-state index in [1.165, 1.54) is 11.3 Å². The number of likely N-dealkylation sites (N-methyl/N-ethyl adjacent to an activating group) is 1. The summed E-state index contributed by atoms with van der Waals surface area (Å²) in [7, 11) is 2.14. The Morgan fingerprint density at radius 1 is 1.15 bits per heavy atom. The number of hydrogen-bond donors (Lipinski definition) is 1. The number of pyridine rings is 2. The van der Waals surface area contributed by atoms with Gasteiger partial charge in [0.1, 0.15) is 17.3 Å². The Morgan fingerprint density at radius 2 is 2.02 bits per heavy atom. The smallest absolute Gasteiger partial charge is 0.223 e. The molecule has 1 amide bonds. The normalized spacial score (nSPS) is 26.9. The minimum Gasteiger partial charge on any atom is -0.472 e. The van der Waals surface area contributed by atoms with Gasteiger partial charge in [-0.1, -0.05) is 12.1 Å². The zero-order chi connectivity index (χ0) is 31.3. The largest absolute Gasteiger partial charge is 0.472 e. The molecule has 10 rings (SSSR count). The van der Waals surface area contributed by atoms with Crippen LogP contribution in [0.3, 0.4) is 0 Å². The van der Waals surface area contributed by atoms with E-state index in [2.05, 4.69) is 39.8 Å². The zero-order valence-electron chi connectivity index (χ0n) is 26.4. The molecule has 5 aliphatic rings. The lowest BCUT2D eigenvalue weighted by Gasteiger charge is -2.39. The third-order valence-corrected chi connectivity index (χ3v) is 12.0. The summed E-state index contributed by atoms with van der Waals surface area (Å²) in [6, 6.07) is 8.73. The third-order valence-electron chi connectivity index (χ3n) is 11.2. The quantitative estimate of drug-likeness (QED) is 0.241. The molecule has 4 aromatic heterocycles. The number of fused-ring (bicyclic) bond motifs is 5. The van der Waals surface area contributed by atoms with Crippen LogP contribution in [-0.4, -0.2) is 80.1 Å². The Balaban J connectivity index is 1.31. The number of aromatic nitrogens is 4. The maximum Gasteiger partial charge on any atom is 0.223 e. The van der Waals surface area contributed by atoms with Gasteiger partial charge >= 0.3 is 0 Å². The highest BCUT2D eigenvalue weighted by molar-refractivity contribution is 7.16. The topological polar surface area (TPSA) is 88.4 Å². The minimum absolute atomic E-state index is 0.0504. The highest BCUT2D eigenvalue weighted by Gasteiger charge is 2.50. The molecule has 6 atom stereocenters. The fourth-order valence-corrected chi connectivity index (χ4v) is 9.61. The summed E-state index contributed by atoms with van der Waals surface area (Å²) in [4.78, 5) is 31.5. The van der Waals surface area contributed by atoms with Crippen LogP contribution in [0.1, 0.15) is 63.7 Å². The zero-order valence-corrected chi connectivity index (χ0v) is 27.2. The Labute approximate surface area is 270 Å². The molecule has 9 nitrogen and oxygen atoms in total. The van der Waals surface area contributed by atoms with Crippen LogP contribution in [0, 0.1) is 11.7 Å². The van der Waals surface area contributed by atoms with Crippen molar-refractivity contribution in [2.75, 3.05) is 26.7 Å². The van der Waals surface area contributed by atoms with Crippen LogP contribution in [0.2, 0.25) is 0 Å². The van der Waals surface area contributed by atoms with E-state index < -0.39 is 5.82 Å². The molecule has 5 aromatic rings. The van der Waals surface area contributed by atoms with E-state index in [0.29, 0.717) is 28.8 Å². The van der Waals surface area contributed by atoms with Crippen molar-refractivity contribution >= 4 is 49.3 Å². The van der Waals surface area contributed by atoms with Crippen LogP contribution in [0.4, 0.5) is 4.39 Å². The molecule has 0 radical (unpaired) electrons. The fraction of sp³-hybridized carbons (Fsp3) is 0.486. The van der Waals surface area contributed by atoms with Gasteiger partial charge in [-0.25, -0.2) is 14.4 Å². The first-order chi connectivity index (χ1) is 22.4. The molecular formula is C35H38FN7O2S. The first-order valence-corrected chi connectivity index (χ1v) is 17.5. The average molecular weight is 640 g/mol. The standard InChI is InChI=1S/C35H38FN7O2S/c1-18(25-8-5-11-41(25)3)45-35-22-14-27(26-9-6-12-42(26)19(2)44)43(33-20-13-24(33)37-15-20)34(22)23-16-38-31(29(36)32(23)40-35)21-7-4-10-28-30(21)39-17-46-28/h4,7,10,14,16-18,20,24-26,33,37H,5-6,8-9,11-13,15H2,1-3H3/t18-,20+,24+,25-,26+,33-/m0/s1. The molecule has 1 saturated carbocycles. The lowest BCUT2D eigenvalue weighted by Crippen LogP contribution is -2.40. The van der Waals surface area contributed by atoms with E-state index in [1.54, 1.807) is 18.6 Å². The molecule has 1 aromatic carbocycles. The molecule has 0 unspecified atom stereocenters. The van der Waals surface area contributed by atoms with Gasteiger partial charge < -0.3 is 19.5 Å². The van der Waals surface area contributed by atoms with Crippen LogP contribution in [0.25, 0.3) is 43.3 Å². The summed E-state index contributed by atoms with van der Waals surface area (Å²) in [5, 5.41) is 5.23. The van der Waals surface area contributed by atoms with Gasteiger partial charge in [0.05, 0.1) is 38.7 Å². The van der Waals surface area contributed by atoms with E-state index in [0.717, 1.165) is 78.6 Å². The predicted octanol–water partition coefficient (Wildman–Crippen LogP) is 6.08. The monoisotopic (exact) mass is 639 g/mol. The molecule has 1 N–H and O–H groups in total. The van der Waals surface area contributed by atoms with Crippen molar-refractivity contribution < 1.29 is 13.9 Å². The Hall–Kier alpha value is -3.67. The number of hydrogen-bond acceptors (Lipinski definition) is 8. The first kappa shape index (κ1) is 28.5. The number of carbonyl (C=O) groups is 1. The Morgan fingerprint density at radius 3 is 2.78 bits per heavy atom. The number of para-hydroxylation sites is 1. The molecule has 46 heavy (non-hydrogen) atoms. The number of likely N-dealkylation sites (tertiary alicyclic amines) is 2. The van der Waals surface area contributed by atoms with Crippen molar-refractivity contribution in [2.24, 2.45) is 5.92 Å². The lowest BCUT2D eigenvalue weighted by atomic mass is 9.79. The summed E-state index contributed by atoms with van der Waals surface area (Å²) in [5.41, 5.74) is 5.68. The van der Waals surface area contributed by atoms with Crippen LogP contribution in [0.5, 0.6) is 5.88 Å². The van der Waals surface area contributed by atoms with Crippen molar-refractivity contribution in [2.45, 2.75) is 76.2 Å². The van der Waals surface area contributed by atoms with Gasteiger partial charge in [0.2, 0.25) is 11.8 Å². The average Bonchev–Trinajstić information content (AvgIpc) is 3.88. The molecule has 5 fully saturated rings. The third kappa shape index (κ3) is 4.17.